The third-order valence-electron chi connectivity index (χ3n) is 2.60. The van der Waals surface area contributed by atoms with Crippen molar-refractivity contribution >= 4 is 17.4 Å². The molecule has 0 bridgehead atoms. The molecule has 0 amide bonds. The lowest BCUT2D eigenvalue weighted by Crippen LogP contribution is -1.95. The second kappa shape index (κ2) is 5.27. The Kier molecular flexibility index (Phi) is 3.53. The van der Waals surface area contributed by atoms with Crippen molar-refractivity contribution in [1.29, 1.82) is 0 Å². The van der Waals surface area contributed by atoms with Gasteiger partial charge >= 0.3 is 5.97 Å². The number of carboxylic acids is 1. The van der Waals surface area contributed by atoms with Gasteiger partial charge in [-0.25, -0.2) is 4.79 Å². The van der Waals surface area contributed by atoms with Crippen LogP contribution in [0.3, 0.4) is 0 Å². The van der Waals surface area contributed by atoms with E-state index in [-0.39, 0.29) is 5.56 Å². The summed E-state index contributed by atoms with van der Waals surface area (Å²) < 4.78 is 0. The summed E-state index contributed by atoms with van der Waals surface area (Å²) >= 11 is 0. The molecule has 0 aliphatic rings. The van der Waals surface area contributed by atoms with Gasteiger partial charge in [-0.2, -0.15) is 0 Å². The smallest absolute Gasteiger partial charge is 0.335 e. The van der Waals surface area contributed by atoms with Gasteiger partial charge in [0.15, 0.2) is 0 Å². The maximum absolute atomic E-state index is 10.7. The molecule has 18 heavy (non-hydrogen) atoms. The van der Waals surface area contributed by atoms with Gasteiger partial charge in [-0.05, 0) is 36.8 Å². The van der Waals surface area contributed by atoms with E-state index in [1.807, 2.05) is 37.3 Å². The molecule has 3 heteroatoms. The van der Waals surface area contributed by atoms with Gasteiger partial charge in [-0.3, -0.25) is 4.99 Å². The fourth-order valence-corrected chi connectivity index (χ4v) is 1.62. The van der Waals surface area contributed by atoms with Crippen molar-refractivity contribution in [1.82, 2.24) is 0 Å². The highest BCUT2D eigenvalue weighted by Gasteiger charge is 2.01. The van der Waals surface area contributed by atoms with Crippen LogP contribution < -0.4 is 0 Å². The van der Waals surface area contributed by atoms with Crippen molar-refractivity contribution < 1.29 is 9.90 Å². The van der Waals surface area contributed by atoms with E-state index in [0.717, 1.165) is 17.0 Å². The van der Waals surface area contributed by atoms with E-state index in [0.29, 0.717) is 0 Å². The molecular formula is C15H13NO2. The molecule has 90 valence electrons. The van der Waals surface area contributed by atoms with Gasteiger partial charge in [-0.15, -0.1) is 0 Å². The molecule has 2 aromatic carbocycles. The largest absolute Gasteiger partial charge is 0.478 e. The van der Waals surface area contributed by atoms with Crippen LogP contribution in [0.2, 0.25) is 0 Å². The van der Waals surface area contributed by atoms with Crippen LogP contribution in [0.25, 0.3) is 0 Å². The van der Waals surface area contributed by atoms with Crippen LogP contribution in [0.4, 0.5) is 5.69 Å². The highest BCUT2D eigenvalue weighted by Crippen LogP contribution is 2.15. The molecule has 0 spiro atoms. The first-order valence-electron chi connectivity index (χ1n) is 5.61. The molecule has 0 aromatic heterocycles. The van der Waals surface area contributed by atoms with Crippen LogP contribution in [-0.4, -0.2) is 16.8 Å². The Labute approximate surface area is 105 Å². The van der Waals surface area contributed by atoms with Crippen molar-refractivity contribution in [2.24, 2.45) is 4.99 Å². The lowest BCUT2D eigenvalue weighted by atomic mass is 10.1. The van der Waals surface area contributed by atoms with E-state index in [1.54, 1.807) is 24.3 Å². The lowest BCUT2D eigenvalue weighted by molar-refractivity contribution is 0.0697. The van der Waals surface area contributed by atoms with Gasteiger partial charge in [0.25, 0.3) is 0 Å². The number of carboxylic acid groups (broad SMARTS) is 1. The SMILES string of the molecule is CC(=Nc1ccc(C(=O)O)cc1)c1ccccc1. The second-order valence-corrected chi connectivity index (χ2v) is 3.92. The minimum atomic E-state index is -0.926. The van der Waals surface area contributed by atoms with E-state index in [1.165, 1.54) is 0 Å². The summed E-state index contributed by atoms with van der Waals surface area (Å²) in [7, 11) is 0. The number of carbonyl (C=O) groups is 1. The highest BCUT2D eigenvalue weighted by atomic mass is 16.4. The average molecular weight is 239 g/mol. The zero-order chi connectivity index (χ0) is 13.0. The standard InChI is InChI=1S/C15H13NO2/c1-11(12-5-3-2-4-6-12)16-14-9-7-13(8-10-14)15(17)18/h2-10H,1H3,(H,17,18). The van der Waals surface area contributed by atoms with E-state index in [4.69, 9.17) is 5.11 Å². The summed E-state index contributed by atoms with van der Waals surface area (Å²) in [5, 5.41) is 8.80. The van der Waals surface area contributed by atoms with Crippen molar-refractivity contribution in [3.8, 4) is 0 Å². The first kappa shape index (κ1) is 12.0. The maximum atomic E-state index is 10.7. The van der Waals surface area contributed by atoms with Crippen LogP contribution in [-0.2, 0) is 0 Å². The fraction of sp³-hybridized carbons (Fsp3) is 0.0667. The molecule has 3 nitrogen and oxygen atoms in total. The zero-order valence-corrected chi connectivity index (χ0v) is 10.00. The van der Waals surface area contributed by atoms with Crippen molar-refractivity contribution in [2.45, 2.75) is 6.92 Å². The molecule has 0 fully saturated rings. The number of aliphatic imine (C=N–C) groups is 1. The average Bonchev–Trinajstić information content (AvgIpc) is 2.40. The van der Waals surface area contributed by atoms with E-state index >= 15 is 0 Å². The summed E-state index contributed by atoms with van der Waals surface area (Å²) in [6.45, 7) is 1.93. The van der Waals surface area contributed by atoms with Gasteiger partial charge in [0.05, 0.1) is 11.3 Å². The van der Waals surface area contributed by atoms with Crippen molar-refractivity contribution in [3.05, 3.63) is 65.7 Å². The minimum absolute atomic E-state index is 0.270. The molecule has 0 unspecified atom stereocenters. The molecule has 0 radical (unpaired) electrons. The quantitative estimate of drug-likeness (QED) is 0.833. The summed E-state index contributed by atoms with van der Waals surface area (Å²) in [6, 6.07) is 16.4. The number of rotatable bonds is 3. The number of nitrogens with zero attached hydrogens (tertiary/aromatic N) is 1. The van der Waals surface area contributed by atoms with Gasteiger partial charge in [-0.1, -0.05) is 30.3 Å². The van der Waals surface area contributed by atoms with Crippen molar-refractivity contribution in [2.75, 3.05) is 0 Å². The molecule has 0 aliphatic carbocycles. The van der Waals surface area contributed by atoms with Crippen molar-refractivity contribution in [3.63, 3.8) is 0 Å². The number of aromatic carboxylic acids is 1. The molecule has 2 aromatic rings. The molecule has 0 aliphatic heterocycles. The number of hydrogen-bond acceptors (Lipinski definition) is 2. The Balaban J connectivity index is 2.25. The third-order valence-corrected chi connectivity index (χ3v) is 2.60. The molecule has 0 atom stereocenters. The highest BCUT2D eigenvalue weighted by molar-refractivity contribution is 6.00. The van der Waals surface area contributed by atoms with Gasteiger partial charge in [0.2, 0.25) is 0 Å². The van der Waals surface area contributed by atoms with E-state index in [9.17, 15) is 4.79 Å². The van der Waals surface area contributed by atoms with Crippen LogP contribution >= 0.6 is 0 Å². The predicted octanol–water partition coefficient (Wildman–Crippen LogP) is 3.53. The minimum Gasteiger partial charge on any atom is -0.478 e. The summed E-state index contributed by atoms with van der Waals surface area (Å²) in [5.74, 6) is -0.926. The summed E-state index contributed by atoms with van der Waals surface area (Å²) in [4.78, 5) is 15.2. The van der Waals surface area contributed by atoms with E-state index < -0.39 is 5.97 Å². The summed E-state index contributed by atoms with van der Waals surface area (Å²) in [5.41, 5.74) is 2.98. The maximum Gasteiger partial charge on any atom is 0.335 e. The second-order valence-electron chi connectivity index (χ2n) is 3.92. The number of hydrogen-bond donors (Lipinski definition) is 1. The molecule has 1 N–H and O–H groups in total. The number of benzene rings is 2. The van der Waals surface area contributed by atoms with Gasteiger partial charge in [0.1, 0.15) is 0 Å². The zero-order valence-electron chi connectivity index (χ0n) is 10.00. The van der Waals surface area contributed by atoms with Gasteiger partial charge in [0, 0.05) is 5.71 Å². The van der Waals surface area contributed by atoms with Gasteiger partial charge < -0.3 is 5.11 Å². The first-order valence-corrected chi connectivity index (χ1v) is 5.61. The van der Waals surface area contributed by atoms with Crippen LogP contribution in [0.5, 0.6) is 0 Å². The van der Waals surface area contributed by atoms with Crippen LogP contribution in [0.1, 0.15) is 22.8 Å². The lowest BCUT2D eigenvalue weighted by Gasteiger charge is -2.01. The molecular weight excluding hydrogens is 226 g/mol. The Bertz CT molecular complexity index is 571. The molecule has 2 rings (SSSR count). The summed E-state index contributed by atoms with van der Waals surface area (Å²) in [6.07, 6.45) is 0. The van der Waals surface area contributed by atoms with Crippen LogP contribution in [0.15, 0.2) is 59.6 Å². The topological polar surface area (TPSA) is 49.7 Å². The Hall–Kier alpha value is -2.42. The molecule has 0 saturated heterocycles. The predicted molar refractivity (Wildman–Crippen MR) is 71.7 cm³/mol. The van der Waals surface area contributed by atoms with Crippen LogP contribution in [0, 0.1) is 0 Å². The first-order chi connectivity index (χ1) is 8.66. The molecule has 0 saturated carbocycles. The monoisotopic (exact) mass is 239 g/mol. The fourth-order valence-electron chi connectivity index (χ4n) is 1.62. The Morgan fingerprint density at radius 3 is 2.11 bits per heavy atom. The normalized spacial score (nSPS) is 11.3. The Morgan fingerprint density at radius 1 is 0.944 bits per heavy atom. The Morgan fingerprint density at radius 2 is 1.56 bits per heavy atom. The third kappa shape index (κ3) is 2.83. The molecule has 0 heterocycles. The van der Waals surface area contributed by atoms with E-state index in [2.05, 4.69) is 4.99 Å².